The van der Waals surface area contributed by atoms with Crippen molar-refractivity contribution in [2.45, 2.75) is 98.2 Å². The van der Waals surface area contributed by atoms with Gasteiger partial charge in [0.2, 0.25) is 0 Å². The van der Waals surface area contributed by atoms with Crippen molar-refractivity contribution in [3.8, 4) is 0 Å². The van der Waals surface area contributed by atoms with Crippen molar-refractivity contribution in [2.75, 3.05) is 13.2 Å². The third kappa shape index (κ3) is 8.15. The van der Waals surface area contributed by atoms with Gasteiger partial charge >= 0.3 is 10.4 Å². The summed E-state index contributed by atoms with van der Waals surface area (Å²) in [6, 6.07) is -2.86. The SMILES string of the molecule is NCC1O[C@H](O[C@H]2C(O)C(O[C@H]3OC(CO)[C@@H](O)C(N)[C@H]3O)[C@H](N)C[C@@H]2N)[C@H](O)C(O)[C@@H]1O.O=S(=O)(O)O. The zero-order valence-electron chi connectivity index (χ0n) is 20.0. The van der Waals surface area contributed by atoms with E-state index in [1.54, 1.807) is 0 Å². The second-order valence-corrected chi connectivity index (χ2v) is 10.1. The van der Waals surface area contributed by atoms with E-state index in [-0.39, 0.29) is 13.0 Å². The maximum atomic E-state index is 10.9. The molecule has 38 heavy (non-hydrogen) atoms. The van der Waals surface area contributed by atoms with Gasteiger partial charge < -0.3 is 77.6 Å². The molecule has 0 radical (unpaired) electrons. The zero-order valence-corrected chi connectivity index (χ0v) is 20.8. The fourth-order valence-corrected chi connectivity index (χ4v) is 4.40. The van der Waals surface area contributed by atoms with Crippen LogP contribution in [-0.2, 0) is 29.3 Å². The van der Waals surface area contributed by atoms with E-state index in [2.05, 4.69) is 0 Å². The fourth-order valence-electron chi connectivity index (χ4n) is 4.40. The second kappa shape index (κ2) is 13.8. The highest BCUT2D eigenvalue weighted by atomic mass is 32.3. The highest BCUT2D eigenvalue weighted by Gasteiger charge is 2.51. The molecule has 0 aromatic heterocycles. The standard InChI is InChI=1S/C18H36N4O11.H2O4S/c19-2-6-10(25)12(27)13(28)18(30-6)33-16-5(21)1-4(20)15(14(16)29)32-17-11(26)8(22)9(24)7(3-23)31-17;1-5(2,3)4/h4-18,23-29H,1-3,19-22H2;(H2,1,2,3,4)/t4-,5+,6?,7?,8?,9-,10-,11-,12?,13-,14?,15?,16-,17-,18-;/m1./s1. The molecule has 1 aliphatic carbocycles. The fraction of sp³-hybridized carbons (Fsp3) is 1.00. The Labute approximate surface area is 217 Å². The summed E-state index contributed by atoms with van der Waals surface area (Å²) >= 11 is 0. The first kappa shape index (κ1) is 33.5. The van der Waals surface area contributed by atoms with Crippen LogP contribution in [0.2, 0.25) is 0 Å². The van der Waals surface area contributed by atoms with E-state index in [4.69, 9.17) is 59.4 Å². The van der Waals surface area contributed by atoms with Gasteiger partial charge in [-0.25, -0.2) is 0 Å². The predicted molar refractivity (Wildman–Crippen MR) is 122 cm³/mol. The molecule has 0 aromatic carbocycles. The predicted octanol–water partition coefficient (Wildman–Crippen LogP) is -7.94. The van der Waals surface area contributed by atoms with E-state index in [9.17, 15) is 35.7 Å². The van der Waals surface area contributed by atoms with Crippen LogP contribution < -0.4 is 22.9 Å². The summed E-state index contributed by atoms with van der Waals surface area (Å²) in [4.78, 5) is 0. The molecule has 3 fully saturated rings. The van der Waals surface area contributed by atoms with Crippen molar-refractivity contribution in [1.29, 1.82) is 0 Å². The summed E-state index contributed by atoms with van der Waals surface area (Å²) in [5.74, 6) is 0. The minimum atomic E-state index is -4.67. The van der Waals surface area contributed by atoms with Gasteiger partial charge in [-0.1, -0.05) is 0 Å². The Kier molecular flexibility index (Phi) is 12.1. The van der Waals surface area contributed by atoms with Crippen LogP contribution >= 0.6 is 0 Å². The molecule has 3 rings (SSSR count). The first-order valence-corrected chi connectivity index (χ1v) is 12.9. The summed E-state index contributed by atoms with van der Waals surface area (Å²) in [7, 11) is -4.67. The summed E-state index contributed by atoms with van der Waals surface area (Å²) in [6.07, 6.45) is -16.5. The Morgan fingerprint density at radius 2 is 1.16 bits per heavy atom. The number of aliphatic hydroxyl groups is 7. The number of hydrogen-bond acceptors (Lipinski definition) is 17. The summed E-state index contributed by atoms with van der Waals surface area (Å²) in [6.45, 7) is -0.763. The maximum Gasteiger partial charge on any atom is 0.394 e. The molecule has 3 aliphatic rings. The quantitative estimate of drug-likeness (QED) is 0.129. The van der Waals surface area contributed by atoms with E-state index < -0.39 is 109 Å². The molecule has 226 valence electrons. The van der Waals surface area contributed by atoms with Crippen LogP contribution in [-0.4, -0.2) is 158 Å². The molecule has 19 nitrogen and oxygen atoms in total. The summed E-state index contributed by atoms with van der Waals surface area (Å²) in [5, 5.41) is 70.9. The topological polar surface area (TPSA) is 357 Å². The molecule has 17 N–H and O–H groups in total. The van der Waals surface area contributed by atoms with Crippen LogP contribution in [0.25, 0.3) is 0 Å². The van der Waals surface area contributed by atoms with Gasteiger partial charge in [0.15, 0.2) is 12.6 Å². The largest absolute Gasteiger partial charge is 0.394 e. The highest BCUT2D eigenvalue weighted by Crippen LogP contribution is 2.31. The van der Waals surface area contributed by atoms with Crippen LogP contribution in [0.3, 0.4) is 0 Å². The van der Waals surface area contributed by atoms with Gasteiger partial charge in [-0.15, -0.1) is 0 Å². The van der Waals surface area contributed by atoms with Crippen LogP contribution in [0.4, 0.5) is 0 Å². The van der Waals surface area contributed by atoms with Crippen molar-refractivity contribution < 1.29 is 72.2 Å². The molecule has 1 saturated carbocycles. The Morgan fingerprint density at radius 1 is 0.711 bits per heavy atom. The molecule has 0 spiro atoms. The van der Waals surface area contributed by atoms with Gasteiger partial charge in [0.25, 0.3) is 0 Å². The minimum absolute atomic E-state index is 0.0849. The molecule has 2 saturated heterocycles. The molecule has 15 atom stereocenters. The van der Waals surface area contributed by atoms with Crippen molar-refractivity contribution in [3.05, 3.63) is 0 Å². The lowest BCUT2D eigenvalue weighted by Crippen LogP contribution is -2.68. The van der Waals surface area contributed by atoms with E-state index >= 15 is 0 Å². The zero-order chi connectivity index (χ0) is 29.1. The monoisotopic (exact) mass is 582 g/mol. The third-order valence-electron chi connectivity index (χ3n) is 6.48. The van der Waals surface area contributed by atoms with E-state index in [0.717, 1.165) is 0 Å². The highest BCUT2D eigenvalue weighted by molar-refractivity contribution is 7.79. The van der Waals surface area contributed by atoms with Gasteiger partial charge in [0, 0.05) is 18.6 Å². The van der Waals surface area contributed by atoms with Gasteiger partial charge in [-0.2, -0.15) is 8.42 Å². The lowest BCUT2D eigenvalue weighted by atomic mass is 9.84. The number of nitrogens with two attached hydrogens (primary N) is 4. The molecule has 2 heterocycles. The Morgan fingerprint density at radius 3 is 1.61 bits per heavy atom. The smallest absolute Gasteiger partial charge is 0.394 e. The van der Waals surface area contributed by atoms with Gasteiger partial charge in [0.1, 0.15) is 61.0 Å². The first-order valence-electron chi connectivity index (χ1n) is 11.5. The van der Waals surface area contributed by atoms with Crippen molar-refractivity contribution in [1.82, 2.24) is 0 Å². The lowest BCUT2D eigenvalue weighted by molar-refractivity contribution is -0.332. The number of ether oxygens (including phenoxy) is 4. The van der Waals surface area contributed by atoms with E-state index in [0.29, 0.717) is 0 Å². The maximum absolute atomic E-state index is 10.9. The first-order chi connectivity index (χ1) is 17.5. The number of rotatable bonds is 6. The summed E-state index contributed by atoms with van der Waals surface area (Å²) in [5.41, 5.74) is 23.5. The molecule has 0 bridgehead atoms. The number of aliphatic hydroxyl groups excluding tert-OH is 7. The Hall–Kier alpha value is -0.730. The molecular weight excluding hydrogens is 544 g/mol. The Bertz CT molecular complexity index is 783. The van der Waals surface area contributed by atoms with E-state index in [1.807, 2.05) is 0 Å². The van der Waals surface area contributed by atoms with Crippen LogP contribution in [0.15, 0.2) is 0 Å². The van der Waals surface area contributed by atoms with Gasteiger partial charge in [0.05, 0.1) is 12.6 Å². The second-order valence-electron chi connectivity index (χ2n) is 9.24. The molecule has 6 unspecified atom stereocenters. The minimum Gasteiger partial charge on any atom is -0.394 e. The van der Waals surface area contributed by atoms with Crippen LogP contribution in [0, 0.1) is 0 Å². The lowest BCUT2D eigenvalue weighted by Gasteiger charge is -2.48. The molecule has 20 heteroatoms. The molecule has 2 aliphatic heterocycles. The van der Waals surface area contributed by atoms with E-state index in [1.165, 1.54) is 0 Å². The average molecular weight is 583 g/mol. The van der Waals surface area contributed by atoms with Gasteiger partial charge in [-0.05, 0) is 6.42 Å². The number of hydrogen-bond donors (Lipinski definition) is 13. The van der Waals surface area contributed by atoms with Crippen LogP contribution in [0.5, 0.6) is 0 Å². The van der Waals surface area contributed by atoms with Gasteiger partial charge in [-0.3, -0.25) is 9.11 Å². The van der Waals surface area contributed by atoms with Crippen molar-refractivity contribution >= 4 is 10.4 Å². The van der Waals surface area contributed by atoms with Crippen molar-refractivity contribution in [2.24, 2.45) is 22.9 Å². The van der Waals surface area contributed by atoms with Crippen LogP contribution in [0.1, 0.15) is 6.42 Å². The average Bonchev–Trinajstić information content (AvgIpc) is 2.83. The molecule has 0 amide bonds. The summed E-state index contributed by atoms with van der Waals surface area (Å²) < 4.78 is 53.8. The van der Waals surface area contributed by atoms with Crippen molar-refractivity contribution in [3.63, 3.8) is 0 Å². The third-order valence-corrected chi connectivity index (χ3v) is 6.48. The normalized spacial score (nSPS) is 48.2. The Balaban J connectivity index is 0.000000926. The molecule has 0 aromatic rings. The molecular formula is C18H38N4O15S.